The van der Waals surface area contributed by atoms with E-state index in [1.165, 1.54) is 19.2 Å². The zero-order valence-corrected chi connectivity index (χ0v) is 13.4. The highest BCUT2D eigenvalue weighted by Crippen LogP contribution is 2.22. The molecule has 1 aromatic rings. The van der Waals surface area contributed by atoms with E-state index < -0.39 is 15.8 Å². The number of ether oxygens (including phenoxy) is 1. The summed E-state index contributed by atoms with van der Waals surface area (Å²) in [4.78, 5) is -0.327. The summed E-state index contributed by atoms with van der Waals surface area (Å²) in [5.74, 6) is -0.770. The lowest BCUT2D eigenvalue weighted by atomic mass is 10.3. The van der Waals surface area contributed by atoms with Gasteiger partial charge in [0.1, 0.15) is 10.7 Å². The van der Waals surface area contributed by atoms with Crippen LogP contribution in [0.15, 0.2) is 27.6 Å². The highest BCUT2D eigenvalue weighted by molar-refractivity contribution is 9.10. The predicted octanol–water partition coefficient (Wildman–Crippen LogP) is 1.20. The van der Waals surface area contributed by atoms with Gasteiger partial charge in [0.15, 0.2) is 0 Å². The average molecular weight is 367 g/mol. The normalized spacial score (nSPS) is 20.3. The summed E-state index contributed by atoms with van der Waals surface area (Å²) in [6.07, 6.45) is -0.220. The van der Waals surface area contributed by atoms with E-state index in [0.717, 1.165) is 16.9 Å². The van der Waals surface area contributed by atoms with Crippen LogP contribution in [0.3, 0.4) is 0 Å². The number of likely N-dealkylation sites (N-methyl/N-ethyl adjacent to an activating group) is 1. The number of hydrogen-bond acceptors (Lipinski definition) is 4. The van der Waals surface area contributed by atoms with Crippen molar-refractivity contribution in [3.63, 3.8) is 0 Å². The Labute approximate surface area is 126 Å². The number of sulfonamides is 1. The summed E-state index contributed by atoms with van der Waals surface area (Å²) >= 11 is 3.10. The lowest BCUT2D eigenvalue weighted by Crippen LogP contribution is -2.45. The first-order valence-corrected chi connectivity index (χ1v) is 8.38. The Bertz CT molecular complexity index is 576. The van der Waals surface area contributed by atoms with Crippen LogP contribution in [0.5, 0.6) is 0 Å². The van der Waals surface area contributed by atoms with Crippen molar-refractivity contribution in [2.24, 2.45) is 0 Å². The molecule has 20 heavy (non-hydrogen) atoms. The van der Waals surface area contributed by atoms with Gasteiger partial charge in [0.2, 0.25) is 10.0 Å². The zero-order valence-electron chi connectivity index (χ0n) is 11.0. The molecule has 2 rings (SSSR count). The third-order valence-electron chi connectivity index (χ3n) is 3.05. The number of halogens is 2. The van der Waals surface area contributed by atoms with Crippen molar-refractivity contribution in [3.8, 4) is 0 Å². The van der Waals surface area contributed by atoms with Crippen molar-refractivity contribution < 1.29 is 17.5 Å². The van der Waals surface area contributed by atoms with Crippen molar-refractivity contribution in [1.82, 2.24) is 9.62 Å². The molecule has 1 aliphatic rings. The molecule has 0 aromatic heterocycles. The van der Waals surface area contributed by atoms with Gasteiger partial charge >= 0.3 is 0 Å². The van der Waals surface area contributed by atoms with E-state index in [1.54, 1.807) is 0 Å². The van der Waals surface area contributed by atoms with Gasteiger partial charge in [-0.2, -0.15) is 4.31 Å². The molecule has 112 valence electrons. The second-order valence-corrected chi connectivity index (χ2v) is 7.49. The van der Waals surface area contributed by atoms with Crippen molar-refractivity contribution in [2.75, 3.05) is 33.3 Å². The molecule has 1 heterocycles. The Morgan fingerprint density at radius 1 is 1.55 bits per heavy atom. The Morgan fingerprint density at radius 3 is 2.90 bits per heavy atom. The minimum atomic E-state index is -3.86. The van der Waals surface area contributed by atoms with Gasteiger partial charge in [-0.3, -0.25) is 0 Å². The van der Waals surface area contributed by atoms with Gasteiger partial charge in [-0.05, 0) is 18.2 Å². The van der Waals surface area contributed by atoms with Crippen LogP contribution in [0.4, 0.5) is 4.39 Å². The minimum Gasteiger partial charge on any atom is -0.374 e. The van der Waals surface area contributed by atoms with Crippen LogP contribution >= 0.6 is 15.9 Å². The number of nitrogens with zero attached hydrogens (tertiary/aromatic N) is 1. The first-order chi connectivity index (χ1) is 9.41. The first kappa shape index (κ1) is 15.8. The fourth-order valence-corrected chi connectivity index (χ4v) is 3.55. The molecule has 1 N–H and O–H groups in total. The molecule has 1 fully saturated rings. The maximum Gasteiger partial charge on any atom is 0.245 e. The van der Waals surface area contributed by atoms with Crippen LogP contribution in [0.25, 0.3) is 0 Å². The van der Waals surface area contributed by atoms with Crippen LogP contribution < -0.4 is 5.32 Å². The Balaban J connectivity index is 2.16. The van der Waals surface area contributed by atoms with Crippen LogP contribution in [0, 0.1) is 5.82 Å². The lowest BCUT2D eigenvalue weighted by molar-refractivity contribution is 0.0206. The van der Waals surface area contributed by atoms with Crippen molar-refractivity contribution in [2.45, 2.75) is 11.0 Å². The summed E-state index contributed by atoms with van der Waals surface area (Å²) in [6, 6.07) is 3.90. The molecular weight excluding hydrogens is 351 g/mol. The highest BCUT2D eigenvalue weighted by atomic mass is 79.9. The van der Waals surface area contributed by atoms with E-state index in [2.05, 4.69) is 21.2 Å². The van der Waals surface area contributed by atoms with Crippen LogP contribution in [0.1, 0.15) is 0 Å². The molecule has 1 atom stereocenters. The topological polar surface area (TPSA) is 58.6 Å². The Kier molecular flexibility index (Phi) is 5.14. The SMILES string of the molecule is CN(CC1CNCCO1)S(=O)(=O)c1ccc(Br)cc1F. The van der Waals surface area contributed by atoms with E-state index in [9.17, 15) is 12.8 Å². The zero-order chi connectivity index (χ0) is 14.8. The predicted molar refractivity (Wildman–Crippen MR) is 76.5 cm³/mol. The van der Waals surface area contributed by atoms with Crippen molar-refractivity contribution in [3.05, 3.63) is 28.5 Å². The molecule has 5 nitrogen and oxygen atoms in total. The summed E-state index contributed by atoms with van der Waals surface area (Å²) in [6.45, 7) is 2.08. The van der Waals surface area contributed by atoms with Gasteiger partial charge in [-0.25, -0.2) is 12.8 Å². The third-order valence-corrected chi connectivity index (χ3v) is 5.40. The van der Waals surface area contributed by atoms with E-state index >= 15 is 0 Å². The minimum absolute atomic E-state index is 0.185. The van der Waals surface area contributed by atoms with Crippen LogP contribution in [0.2, 0.25) is 0 Å². The molecule has 0 saturated carbocycles. The molecule has 1 saturated heterocycles. The largest absolute Gasteiger partial charge is 0.374 e. The molecule has 8 heteroatoms. The number of morpholine rings is 1. The maximum absolute atomic E-state index is 13.8. The van der Waals surface area contributed by atoms with Crippen molar-refractivity contribution in [1.29, 1.82) is 0 Å². The van der Waals surface area contributed by atoms with Gasteiger partial charge in [0.25, 0.3) is 0 Å². The first-order valence-electron chi connectivity index (χ1n) is 6.15. The lowest BCUT2D eigenvalue weighted by Gasteiger charge is -2.27. The highest BCUT2D eigenvalue weighted by Gasteiger charge is 2.27. The second kappa shape index (κ2) is 6.48. The van der Waals surface area contributed by atoms with Gasteiger partial charge in [-0.15, -0.1) is 0 Å². The summed E-state index contributed by atoms with van der Waals surface area (Å²) in [5, 5.41) is 3.12. The number of hydrogen-bond donors (Lipinski definition) is 1. The molecule has 1 aliphatic heterocycles. The maximum atomic E-state index is 13.8. The van der Waals surface area contributed by atoms with Crippen molar-refractivity contribution >= 4 is 26.0 Å². The van der Waals surface area contributed by atoms with E-state index in [-0.39, 0.29) is 17.5 Å². The fourth-order valence-electron chi connectivity index (χ4n) is 1.97. The number of nitrogens with one attached hydrogen (secondary N) is 1. The third kappa shape index (κ3) is 3.56. The molecular formula is C12H16BrFN2O3S. The van der Waals surface area contributed by atoms with E-state index in [4.69, 9.17) is 4.74 Å². The summed E-state index contributed by atoms with van der Waals surface area (Å²) in [5.41, 5.74) is 0. The molecule has 0 amide bonds. The number of benzene rings is 1. The fraction of sp³-hybridized carbons (Fsp3) is 0.500. The summed E-state index contributed by atoms with van der Waals surface area (Å²) in [7, 11) is -2.43. The number of rotatable bonds is 4. The standard InChI is InChI=1S/C12H16BrFN2O3S/c1-16(8-10-7-15-4-5-19-10)20(17,18)12-3-2-9(13)6-11(12)14/h2-3,6,10,15H,4-5,7-8H2,1H3. The van der Waals surface area contributed by atoms with Crippen LogP contribution in [-0.4, -0.2) is 52.1 Å². The van der Waals surface area contributed by atoms with E-state index in [1.807, 2.05) is 0 Å². The Morgan fingerprint density at radius 2 is 2.30 bits per heavy atom. The van der Waals surface area contributed by atoms with Crippen LogP contribution in [-0.2, 0) is 14.8 Å². The second-order valence-electron chi connectivity index (χ2n) is 4.56. The van der Waals surface area contributed by atoms with E-state index in [0.29, 0.717) is 17.6 Å². The van der Waals surface area contributed by atoms with Gasteiger partial charge in [0, 0.05) is 31.2 Å². The monoisotopic (exact) mass is 366 g/mol. The summed E-state index contributed by atoms with van der Waals surface area (Å²) < 4.78 is 45.5. The van der Waals surface area contributed by atoms with Gasteiger partial charge in [-0.1, -0.05) is 15.9 Å². The molecule has 1 unspecified atom stereocenters. The molecule has 0 radical (unpaired) electrons. The Hall–Kier alpha value is -0.540. The average Bonchev–Trinajstić information content (AvgIpc) is 2.39. The smallest absolute Gasteiger partial charge is 0.245 e. The quantitative estimate of drug-likeness (QED) is 0.869. The molecule has 0 bridgehead atoms. The molecule has 0 aliphatic carbocycles. The molecule has 0 spiro atoms. The van der Waals surface area contributed by atoms with Gasteiger partial charge in [0.05, 0.1) is 12.7 Å². The van der Waals surface area contributed by atoms with Gasteiger partial charge < -0.3 is 10.1 Å². The molecule has 1 aromatic carbocycles.